The van der Waals surface area contributed by atoms with Crippen LogP contribution in [0.3, 0.4) is 0 Å². The van der Waals surface area contributed by atoms with Crippen molar-refractivity contribution in [1.82, 2.24) is 14.9 Å². The number of para-hydroxylation sites is 3. The van der Waals surface area contributed by atoms with Crippen molar-refractivity contribution < 1.29 is 9.53 Å². The summed E-state index contributed by atoms with van der Waals surface area (Å²) in [5, 5.41) is 3.02. The van der Waals surface area contributed by atoms with Gasteiger partial charge >= 0.3 is 0 Å². The predicted molar refractivity (Wildman–Crippen MR) is 96.4 cm³/mol. The third-order valence-electron chi connectivity index (χ3n) is 4.62. The zero-order valence-corrected chi connectivity index (χ0v) is 14.2. The molecule has 2 aromatic carbocycles. The molecule has 4 rings (SSSR count). The largest absolute Gasteiger partial charge is 0.496 e. The molecule has 0 radical (unpaired) electrons. The maximum atomic E-state index is 12.0. The topological polar surface area (TPSA) is 56.1 Å². The minimum atomic E-state index is 0.135. The molecule has 5 nitrogen and oxygen atoms in total. The molecule has 0 spiro atoms. The van der Waals surface area contributed by atoms with Gasteiger partial charge in [-0.1, -0.05) is 30.3 Å². The number of nitrogens with zero attached hydrogens (tertiary/aromatic N) is 2. The molecular formula is C20H21N3O2. The minimum absolute atomic E-state index is 0.135. The maximum Gasteiger partial charge on any atom is 0.223 e. The summed E-state index contributed by atoms with van der Waals surface area (Å²) in [6, 6.07) is 16.0. The van der Waals surface area contributed by atoms with Crippen molar-refractivity contribution in [2.45, 2.75) is 25.9 Å². The van der Waals surface area contributed by atoms with E-state index in [0.29, 0.717) is 13.1 Å². The first-order chi connectivity index (χ1) is 12.3. The number of fused-ring (bicyclic) bond motifs is 1. The van der Waals surface area contributed by atoms with E-state index in [0.717, 1.165) is 41.0 Å². The van der Waals surface area contributed by atoms with Gasteiger partial charge in [0.2, 0.25) is 5.91 Å². The molecule has 1 aliphatic carbocycles. The van der Waals surface area contributed by atoms with Crippen LogP contribution in [0.2, 0.25) is 0 Å². The van der Waals surface area contributed by atoms with E-state index >= 15 is 0 Å². The Morgan fingerprint density at radius 2 is 1.96 bits per heavy atom. The lowest BCUT2D eigenvalue weighted by Gasteiger charge is -2.13. The molecule has 0 unspecified atom stereocenters. The highest BCUT2D eigenvalue weighted by Crippen LogP contribution is 2.29. The maximum absolute atomic E-state index is 12.0. The van der Waals surface area contributed by atoms with Crippen LogP contribution in [0.4, 0.5) is 0 Å². The standard InChI is InChI=1S/C20H21N3O2/c1-25-18-9-5-2-6-15(18)13-23-17-8-4-3-7-16(17)22-19(23)12-21-20(24)14-10-11-14/h2-9,14H,10-13H2,1H3,(H,21,24). The van der Waals surface area contributed by atoms with Crippen LogP contribution < -0.4 is 10.1 Å². The molecule has 5 heteroatoms. The van der Waals surface area contributed by atoms with Crippen molar-refractivity contribution in [2.24, 2.45) is 5.92 Å². The highest BCUT2D eigenvalue weighted by Gasteiger charge is 2.29. The fourth-order valence-electron chi connectivity index (χ4n) is 3.10. The van der Waals surface area contributed by atoms with Crippen LogP contribution in [0, 0.1) is 5.92 Å². The number of aromatic nitrogens is 2. The number of carbonyl (C=O) groups is 1. The van der Waals surface area contributed by atoms with Gasteiger partial charge < -0.3 is 14.6 Å². The Labute approximate surface area is 146 Å². The van der Waals surface area contributed by atoms with Gasteiger partial charge in [0.25, 0.3) is 0 Å². The van der Waals surface area contributed by atoms with Crippen molar-refractivity contribution in [2.75, 3.05) is 7.11 Å². The van der Waals surface area contributed by atoms with Gasteiger partial charge in [-0.2, -0.15) is 0 Å². The minimum Gasteiger partial charge on any atom is -0.496 e. The fourth-order valence-corrected chi connectivity index (χ4v) is 3.10. The van der Waals surface area contributed by atoms with E-state index in [1.807, 2.05) is 36.4 Å². The molecule has 1 N–H and O–H groups in total. The van der Waals surface area contributed by atoms with Gasteiger partial charge in [-0.05, 0) is 31.0 Å². The number of hydrogen-bond donors (Lipinski definition) is 1. The third-order valence-corrected chi connectivity index (χ3v) is 4.62. The van der Waals surface area contributed by atoms with Gasteiger partial charge in [0.1, 0.15) is 11.6 Å². The van der Waals surface area contributed by atoms with E-state index in [2.05, 4.69) is 22.0 Å². The number of ether oxygens (including phenoxy) is 1. The second-order valence-electron chi connectivity index (χ2n) is 6.41. The number of amides is 1. The molecule has 0 bridgehead atoms. The van der Waals surface area contributed by atoms with Crippen molar-refractivity contribution in [3.05, 3.63) is 59.9 Å². The van der Waals surface area contributed by atoms with Crippen LogP contribution in [-0.4, -0.2) is 22.6 Å². The predicted octanol–water partition coefficient (Wildman–Crippen LogP) is 3.12. The fraction of sp³-hybridized carbons (Fsp3) is 0.300. The Bertz CT molecular complexity index is 912. The first-order valence-corrected chi connectivity index (χ1v) is 8.60. The first kappa shape index (κ1) is 15.7. The summed E-state index contributed by atoms with van der Waals surface area (Å²) in [6.07, 6.45) is 2.01. The van der Waals surface area contributed by atoms with Crippen LogP contribution in [0.5, 0.6) is 5.75 Å². The van der Waals surface area contributed by atoms with Gasteiger partial charge in [-0.3, -0.25) is 4.79 Å². The van der Waals surface area contributed by atoms with Gasteiger partial charge in [0, 0.05) is 11.5 Å². The molecule has 128 valence electrons. The highest BCUT2D eigenvalue weighted by atomic mass is 16.5. The Morgan fingerprint density at radius 3 is 2.76 bits per heavy atom. The van der Waals surface area contributed by atoms with E-state index in [1.165, 1.54) is 0 Å². The number of nitrogens with one attached hydrogen (secondary N) is 1. The summed E-state index contributed by atoms with van der Waals surface area (Å²) < 4.78 is 7.63. The van der Waals surface area contributed by atoms with E-state index in [4.69, 9.17) is 9.72 Å². The number of imidazole rings is 1. The molecule has 0 atom stereocenters. The molecule has 1 amide bonds. The van der Waals surface area contributed by atoms with Crippen molar-refractivity contribution in [3.63, 3.8) is 0 Å². The van der Waals surface area contributed by atoms with Crippen LogP contribution in [0.25, 0.3) is 11.0 Å². The monoisotopic (exact) mass is 335 g/mol. The Hall–Kier alpha value is -2.82. The summed E-state index contributed by atoms with van der Waals surface area (Å²) in [5.74, 6) is 2.05. The third kappa shape index (κ3) is 3.22. The number of carbonyl (C=O) groups excluding carboxylic acids is 1. The van der Waals surface area contributed by atoms with Crippen molar-refractivity contribution in [1.29, 1.82) is 0 Å². The molecule has 0 saturated heterocycles. The molecule has 25 heavy (non-hydrogen) atoms. The van der Waals surface area contributed by atoms with E-state index in [-0.39, 0.29) is 11.8 Å². The number of methoxy groups -OCH3 is 1. The van der Waals surface area contributed by atoms with Gasteiger partial charge in [-0.15, -0.1) is 0 Å². The molecule has 0 aliphatic heterocycles. The molecule has 1 aliphatic rings. The van der Waals surface area contributed by atoms with Crippen molar-refractivity contribution >= 4 is 16.9 Å². The zero-order chi connectivity index (χ0) is 17.2. The summed E-state index contributed by atoms with van der Waals surface area (Å²) in [4.78, 5) is 16.7. The van der Waals surface area contributed by atoms with E-state index < -0.39 is 0 Å². The average molecular weight is 335 g/mol. The second kappa shape index (κ2) is 6.59. The summed E-state index contributed by atoms with van der Waals surface area (Å²) in [6.45, 7) is 1.10. The molecule has 1 aromatic heterocycles. The second-order valence-corrected chi connectivity index (χ2v) is 6.41. The van der Waals surface area contributed by atoms with Crippen LogP contribution in [0.1, 0.15) is 24.2 Å². The summed E-state index contributed by atoms with van der Waals surface area (Å²) in [7, 11) is 1.68. The summed E-state index contributed by atoms with van der Waals surface area (Å²) >= 11 is 0. The lowest BCUT2D eigenvalue weighted by molar-refractivity contribution is -0.122. The number of rotatable bonds is 6. The van der Waals surface area contributed by atoms with Gasteiger partial charge in [0.15, 0.2) is 0 Å². The lowest BCUT2D eigenvalue weighted by Crippen LogP contribution is -2.26. The SMILES string of the molecule is COc1ccccc1Cn1c(CNC(=O)C2CC2)nc2ccccc21. The number of hydrogen-bond acceptors (Lipinski definition) is 3. The molecule has 3 aromatic rings. The van der Waals surface area contributed by atoms with E-state index in [9.17, 15) is 4.79 Å². The summed E-state index contributed by atoms with van der Waals surface area (Å²) in [5.41, 5.74) is 3.08. The van der Waals surface area contributed by atoms with Crippen LogP contribution in [-0.2, 0) is 17.9 Å². The Balaban J connectivity index is 1.67. The first-order valence-electron chi connectivity index (χ1n) is 8.60. The lowest BCUT2D eigenvalue weighted by atomic mass is 10.2. The van der Waals surface area contributed by atoms with Crippen LogP contribution in [0.15, 0.2) is 48.5 Å². The van der Waals surface area contributed by atoms with Gasteiger partial charge in [-0.25, -0.2) is 4.98 Å². The average Bonchev–Trinajstić information content (AvgIpc) is 3.44. The Kier molecular flexibility index (Phi) is 4.14. The van der Waals surface area contributed by atoms with E-state index in [1.54, 1.807) is 7.11 Å². The smallest absolute Gasteiger partial charge is 0.223 e. The molecule has 1 heterocycles. The molecular weight excluding hydrogens is 314 g/mol. The zero-order valence-electron chi connectivity index (χ0n) is 14.2. The Morgan fingerprint density at radius 1 is 1.20 bits per heavy atom. The molecule has 1 saturated carbocycles. The quantitative estimate of drug-likeness (QED) is 0.753. The normalized spacial score (nSPS) is 13.8. The highest BCUT2D eigenvalue weighted by molar-refractivity contribution is 5.81. The van der Waals surface area contributed by atoms with Crippen molar-refractivity contribution in [3.8, 4) is 5.75 Å². The van der Waals surface area contributed by atoms with Crippen LogP contribution >= 0.6 is 0 Å². The molecule has 1 fully saturated rings. The van der Waals surface area contributed by atoms with Gasteiger partial charge in [0.05, 0.1) is 31.2 Å². The number of benzene rings is 2.